The van der Waals surface area contributed by atoms with E-state index in [1.54, 1.807) is 6.08 Å². The fourth-order valence-electron chi connectivity index (χ4n) is 9.35. The molecular weight excluding hydrogens is 1350 g/mol. The molecule has 0 bridgehead atoms. The second-order valence-electron chi connectivity index (χ2n) is 24.8. The highest BCUT2D eigenvalue weighted by Gasteiger charge is 2.30. The molecule has 0 amide bonds. The van der Waals surface area contributed by atoms with Gasteiger partial charge in [-0.1, -0.05) is 267 Å². The van der Waals surface area contributed by atoms with Gasteiger partial charge in [0, 0.05) is 19.3 Å². The quantitative estimate of drug-likeness (QED) is 0.0169. The smallest absolute Gasteiger partial charge is 0.462 e. The molecule has 5 atom stereocenters. The maximum atomic E-state index is 13.1. The Labute approximate surface area is 627 Å². The summed E-state index contributed by atoms with van der Waals surface area (Å²) in [7, 11) is -10.0. The zero-order valence-electron chi connectivity index (χ0n) is 63.9. The highest BCUT2D eigenvalue weighted by atomic mass is 31.2. The average molecular weight is 1490 g/mol. The zero-order chi connectivity index (χ0) is 76.0. The maximum absolute atomic E-state index is 13.1. The first kappa shape index (κ1) is 97.9. The molecule has 19 heteroatoms. The Morgan fingerprint density at radius 1 is 0.279 bits per heavy atom. The zero-order valence-corrected chi connectivity index (χ0v) is 65.6. The Balaban J connectivity index is 5.51. The number of allylic oxidation sites excluding steroid dienone is 31. The molecule has 0 saturated heterocycles. The average Bonchev–Trinajstić information content (AvgIpc) is 0.918. The van der Waals surface area contributed by atoms with Crippen molar-refractivity contribution in [1.82, 2.24) is 0 Å². The third kappa shape index (κ3) is 74.2. The Kier molecular flexibility index (Phi) is 70.7. The molecule has 0 aliphatic heterocycles. The first-order valence-electron chi connectivity index (χ1n) is 38.7. The predicted molar refractivity (Wildman–Crippen MR) is 426 cm³/mol. The fraction of sp³-hybridized carbons (Fsp3) is 0.576. The van der Waals surface area contributed by atoms with Crippen LogP contribution in [0.5, 0.6) is 0 Å². The van der Waals surface area contributed by atoms with Crippen LogP contribution in [-0.2, 0) is 65.4 Å². The van der Waals surface area contributed by atoms with E-state index in [9.17, 15) is 43.2 Å². The van der Waals surface area contributed by atoms with Crippen molar-refractivity contribution in [2.24, 2.45) is 0 Å². The van der Waals surface area contributed by atoms with Gasteiger partial charge in [0.1, 0.15) is 19.3 Å². The van der Waals surface area contributed by atoms with Crippen LogP contribution in [0.3, 0.4) is 0 Å². The van der Waals surface area contributed by atoms with Crippen LogP contribution in [0.15, 0.2) is 194 Å². The summed E-state index contributed by atoms with van der Waals surface area (Å²) in [6, 6.07) is 0. The van der Waals surface area contributed by atoms with Crippen molar-refractivity contribution in [1.29, 1.82) is 0 Å². The lowest BCUT2D eigenvalue weighted by atomic mass is 10.1. The van der Waals surface area contributed by atoms with Crippen LogP contribution in [-0.4, -0.2) is 96.7 Å². The third-order valence-corrected chi connectivity index (χ3v) is 17.0. The first-order chi connectivity index (χ1) is 50.7. The number of carbonyl (C=O) groups excluding carboxylic acids is 4. The lowest BCUT2D eigenvalue weighted by Gasteiger charge is -2.21. The molecule has 17 nitrogen and oxygen atoms in total. The third-order valence-electron chi connectivity index (χ3n) is 15.1. The van der Waals surface area contributed by atoms with E-state index < -0.39 is 97.5 Å². The van der Waals surface area contributed by atoms with Crippen molar-refractivity contribution in [3.05, 3.63) is 194 Å². The monoisotopic (exact) mass is 1490 g/mol. The molecule has 0 heterocycles. The highest BCUT2D eigenvalue weighted by molar-refractivity contribution is 7.47. The Morgan fingerprint density at radius 2 is 0.510 bits per heavy atom. The second kappa shape index (κ2) is 75.1. The molecule has 586 valence electrons. The van der Waals surface area contributed by atoms with Crippen molar-refractivity contribution >= 4 is 39.5 Å². The topological polar surface area (TPSA) is 237 Å². The van der Waals surface area contributed by atoms with Gasteiger partial charge < -0.3 is 33.8 Å². The van der Waals surface area contributed by atoms with Gasteiger partial charge in [-0.25, -0.2) is 9.13 Å². The summed E-state index contributed by atoms with van der Waals surface area (Å²) in [6.45, 7) is 4.19. The number of aliphatic hydroxyl groups excluding tert-OH is 1. The minimum absolute atomic E-state index is 0.0473. The van der Waals surface area contributed by atoms with Crippen LogP contribution < -0.4 is 0 Å². The van der Waals surface area contributed by atoms with Gasteiger partial charge in [0.25, 0.3) is 0 Å². The summed E-state index contributed by atoms with van der Waals surface area (Å²) in [5.41, 5.74) is 0. The van der Waals surface area contributed by atoms with Gasteiger partial charge in [-0.15, -0.1) is 0 Å². The number of phosphoric acid groups is 2. The van der Waals surface area contributed by atoms with Gasteiger partial charge >= 0.3 is 39.5 Å². The molecule has 0 aromatic heterocycles. The minimum atomic E-state index is -5.01. The SMILES string of the molecule is CC/C=C\C/C=C\C/C=C\C/C=C\C/C=C\CCCCCC(=O)OCC(COP(=O)(O)OCC(O)COP(=O)(O)OCC(COC(=O)C/C=C\C/C=C\C/C=C\C/C=C\C/C=C\CC)OC(=O)CCCCCCC/C=C\C/C=C\C/C=C\CC)OC(=O)CCCCCCC/C=C\C/C=C\C/C=C\CC. The van der Waals surface area contributed by atoms with Crippen molar-refractivity contribution < 1.29 is 80.2 Å². The van der Waals surface area contributed by atoms with E-state index in [0.717, 1.165) is 180 Å². The molecule has 0 aliphatic rings. The Hall–Kier alpha value is -6.10. The lowest BCUT2D eigenvalue weighted by Crippen LogP contribution is -2.30. The van der Waals surface area contributed by atoms with E-state index >= 15 is 0 Å². The van der Waals surface area contributed by atoms with Crippen molar-refractivity contribution in [2.45, 2.75) is 277 Å². The van der Waals surface area contributed by atoms with Gasteiger partial charge in [-0.2, -0.15) is 0 Å². The van der Waals surface area contributed by atoms with Crippen LogP contribution in [0.2, 0.25) is 0 Å². The summed E-state index contributed by atoms with van der Waals surface area (Å²) in [5.74, 6) is -2.42. The summed E-state index contributed by atoms with van der Waals surface area (Å²) in [6.07, 6.45) is 91.6. The van der Waals surface area contributed by atoms with Crippen molar-refractivity contribution in [2.75, 3.05) is 39.6 Å². The second-order valence-corrected chi connectivity index (χ2v) is 27.7. The van der Waals surface area contributed by atoms with Crippen LogP contribution in [0.1, 0.15) is 259 Å². The minimum Gasteiger partial charge on any atom is -0.462 e. The lowest BCUT2D eigenvalue weighted by molar-refractivity contribution is -0.161. The molecule has 0 aromatic rings. The summed E-state index contributed by atoms with van der Waals surface area (Å²) >= 11 is 0. The van der Waals surface area contributed by atoms with E-state index in [0.29, 0.717) is 25.7 Å². The molecule has 0 spiro atoms. The van der Waals surface area contributed by atoms with E-state index in [-0.39, 0.29) is 25.7 Å². The van der Waals surface area contributed by atoms with Crippen LogP contribution in [0.4, 0.5) is 0 Å². The standard InChI is InChI=1S/C85H134O17P2/c1-5-9-13-17-21-25-29-33-37-38-39-40-44-46-50-54-58-62-66-70-83(88)96-76-81(102-85(90)72-68-64-60-56-52-48-43-36-32-28-24-20-16-12-8-4)78-100-104(93,94)98-74-79(86)73-97-103(91,92)99-77-80(101-84(89)71-67-63-59-55-51-47-42-35-31-27-23-19-15-11-7-3)75-95-82(87)69-65-61-57-53-49-45-41-34-30-26-22-18-14-10-6-2/h9-16,21-28,33-37,39-43,46,49-50,53,61,65,79-81,86H,5-8,17-20,29-32,38,44-45,47-48,51-52,54-60,62-64,66-78H2,1-4H3,(H,91,92)(H,93,94)/b13-9-,14-10-,15-11-,16-12-,25-21-,26-22-,27-23-,28-24-,37-33-,40-39-,41-34-,42-35-,43-36-,50-46-,53-49-,65-61-. The van der Waals surface area contributed by atoms with Gasteiger partial charge in [0.2, 0.25) is 0 Å². The summed E-state index contributed by atoms with van der Waals surface area (Å²) in [5, 5.41) is 10.6. The number of hydrogen-bond acceptors (Lipinski definition) is 15. The predicted octanol–water partition coefficient (Wildman–Crippen LogP) is 22.5. The van der Waals surface area contributed by atoms with Gasteiger partial charge in [-0.05, 0) is 161 Å². The van der Waals surface area contributed by atoms with Gasteiger partial charge in [-0.3, -0.25) is 37.3 Å². The first-order valence-corrected chi connectivity index (χ1v) is 41.7. The largest absolute Gasteiger partial charge is 0.472 e. The van der Waals surface area contributed by atoms with E-state index in [2.05, 4.69) is 198 Å². The number of rotatable bonds is 70. The number of esters is 4. The number of hydrogen-bond donors (Lipinski definition) is 3. The van der Waals surface area contributed by atoms with Gasteiger partial charge in [0.15, 0.2) is 12.2 Å². The number of unbranched alkanes of at least 4 members (excludes halogenated alkanes) is 13. The maximum Gasteiger partial charge on any atom is 0.472 e. The van der Waals surface area contributed by atoms with Gasteiger partial charge in [0.05, 0.1) is 32.8 Å². The molecule has 5 unspecified atom stereocenters. The van der Waals surface area contributed by atoms with E-state index in [4.69, 9.17) is 37.0 Å². The van der Waals surface area contributed by atoms with E-state index in [1.807, 2.05) is 18.2 Å². The van der Waals surface area contributed by atoms with Crippen LogP contribution >= 0.6 is 15.6 Å². The fourth-order valence-corrected chi connectivity index (χ4v) is 10.9. The van der Waals surface area contributed by atoms with Crippen LogP contribution in [0, 0.1) is 0 Å². The Morgan fingerprint density at radius 3 is 0.817 bits per heavy atom. The number of aliphatic hydroxyl groups is 1. The Bertz CT molecular complexity index is 2740. The molecule has 0 saturated carbocycles. The molecular formula is C85H134O17P2. The molecule has 104 heavy (non-hydrogen) atoms. The van der Waals surface area contributed by atoms with Crippen molar-refractivity contribution in [3.63, 3.8) is 0 Å². The number of ether oxygens (including phenoxy) is 4. The number of phosphoric ester groups is 2. The molecule has 0 fully saturated rings. The van der Waals surface area contributed by atoms with Crippen LogP contribution in [0.25, 0.3) is 0 Å². The summed E-state index contributed by atoms with van der Waals surface area (Å²) < 4.78 is 68.4. The highest BCUT2D eigenvalue weighted by Crippen LogP contribution is 2.45. The van der Waals surface area contributed by atoms with Crippen molar-refractivity contribution in [3.8, 4) is 0 Å². The molecule has 0 aromatic carbocycles. The molecule has 0 rings (SSSR count). The number of carbonyl (C=O) groups is 4. The molecule has 0 aliphatic carbocycles. The molecule has 3 N–H and O–H groups in total. The normalized spacial score (nSPS) is 15.0. The molecule has 0 radical (unpaired) electrons. The summed E-state index contributed by atoms with van der Waals surface area (Å²) in [4.78, 5) is 72.9. The van der Waals surface area contributed by atoms with E-state index in [1.165, 1.54) is 0 Å².